The van der Waals surface area contributed by atoms with Crippen LogP contribution in [0.15, 0.2) is 70.6 Å². The molecule has 0 bridgehead atoms. The molecule has 0 radical (unpaired) electrons. The second-order valence-electron chi connectivity index (χ2n) is 7.85. The lowest BCUT2D eigenvalue weighted by Gasteiger charge is -2.27. The Kier molecular flexibility index (Phi) is 6.41. The van der Waals surface area contributed by atoms with Crippen molar-refractivity contribution in [1.82, 2.24) is 9.97 Å². The molecular formula is C23H28N4O2S. The summed E-state index contributed by atoms with van der Waals surface area (Å²) < 4.78 is 26.1. The quantitative estimate of drug-likeness (QED) is 0.603. The Bertz CT molecular complexity index is 1100. The van der Waals surface area contributed by atoms with Gasteiger partial charge in [0, 0.05) is 12.6 Å². The van der Waals surface area contributed by atoms with Gasteiger partial charge in [-0.05, 0) is 43.0 Å². The van der Waals surface area contributed by atoms with Crippen molar-refractivity contribution in [3.8, 4) is 0 Å². The third-order valence-corrected chi connectivity index (χ3v) is 6.78. The molecular weight excluding hydrogens is 396 g/mol. The normalized spacial score (nSPS) is 11.8. The molecule has 0 saturated carbocycles. The van der Waals surface area contributed by atoms with Crippen LogP contribution in [0, 0.1) is 0 Å². The Hall–Kier alpha value is -2.93. The maximum atomic E-state index is 13.1. The first-order valence-corrected chi connectivity index (χ1v) is 11.5. The summed E-state index contributed by atoms with van der Waals surface area (Å²) in [6.45, 7) is 8.78. The second kappa shape index (κ2) is 8.83. The van der Waals surface area contributed by atoms with Gasteiger partial charge in [0.15, 0.2) is 0 Å². The molecule has 6 nitrogen and oxygen atoms in total. The minimum Gasteiger partial charge on any atom is -0.382 e. The maximum Gasteiger partial charge on any atom is 0.227 e. The predicted molar refractivity (Wildman–Crippen MR) is 120 cm³/mol. The van der Waals surface area contributed by atoms with E-state index in [9.17, 15) is 8.42 Å². The van der Waals surface area contributed by atoms with Crippen molar-refractivity contribution in [2.45, 2.75) is 56.0 Å². The highest BCUT2D eigenvalue weighted by molar-refractivity contribution is 7.91. The zero-order valence-corrected chi connectivity index (χ0v) is 18.6. The molecule has 0 fully saturated rings. The molecule has 0 aliphatic carbocycles. The van der Waals surface area contributed by atoms with E-state index in [1.165, 1.54) is 6.20 Å². The minimum absolute atomic E-state index is 0.0494. The maximum absolute atomic E-state index is 13.1. The molecule has 2 aromatic carbocycles. The predicted octanol–water partition coefficient (Wildman–Crippen LogP) is 4.43. The fraction of sp³-hybridized carbons (Fsp3) is 0.304. The average molecular weight is 425 g/mol. The lowest BCUT2D eigenvalue weighted by molar-refractivity contribution is 0.595. The molecule has 0 amide bonds. The molecule has 7 heteroatoms. The van der Waals surface area contributed by atoms with Gasteiger partial charge in [0.2, 0.25) is 15.8 Å². The molecule has 0 aliphatic heterocycles. The second-order valence-corrected chi connectivity index (χ2v) is 9.77. The highest BCUT2D eigenvalue weighted by Gasteiger charge is 2.24. The van der Waals surface area contributed by atoms with Gasteiger partial charge in [0.1, 0.15) is 10.7 Å². The van der Waals surface area contributed by atoms with Gasteiger partial charge in [-0.25, -0.2) is 13.4 Å². The molecule has 1 aromatic heterocycles. The number of nitrogen functional groups attached to an aromatic ring is 1. The topological polar surface area (TPSA) is 89.2 Å². The van der Waals surface area contributed by atoms with Crippen molar-refractivity contribution in [1.29, 1.82) is 0 Å². The highest BCUT2D eigenvalue weighted by atomic mass is 32.2. The van der Waals surface area contributed by atoms with E-state index < -0.39 is 9.84 Å². The van der Waals surface area contributed by atoms with Gasteiger partial charge in [-0.2, -0.15) is 4.98 Å². The van der Waals surface area contributed by atoms with Crippen molar-refractivity contribution < 1.29 is 8.42 Å². The Morgan fingerprint density at radius 2 is 1.60 bits per heavy atom. The van der Waals surface area contributed by atoms with Crippen molar-refractivity contribution in [2.24, 2.45) is 0 Å². The zero-order chi connectivity index (χ0) is 21.9. The number of hydrogen-bond donors (Lipinski definition) is 1. The molecule has 2 N–H and O–H groups in total. The number of sulfone groups is 1. The van der Waals surface area contributed by atoms with E-state index in [0.717, 1.165) is 11.1 Å². The number of hydrogen-bond acceptors (Lipinski definition) is 6. The smallest absolute Gasteiger partial charge is 0.227 e. The van der Waals surface area contributed by atoms with Gasteiger partial charge in [-0.3, -0.25) is 0 Å². The Balaban J connectivity index is 1.93. The van der Waals surface area contributed by atoms with E-state index in [-0.39, 0.29) is 21.7 Å². The molecule has 3 rings (SSSR count). The van der Waals surface area contributed by atoms with Crippen LogP contribution in [0.5, 0.6) is 0 Å². The van der Waals surface area contributed by atoms with Crippen LogP contribution in [-0.4, -0.2) is 24.4 Å². The van der Waals surface area contributed by atoms with E-state index in [0.29, 0.717) is 18.4 Å². The van der Waals surface area contributed by atoms with Crippen LogP contribution < -0.4 is 10.6 Å². The molecule has 0 saturated heterocycles. The number of nitrogens with zero attached hydrogens (tertiary/aromatic N) is 3. The molecule has 0 aliphatic rings. The summed E-state index contributed by atoms with van der Waals surface area (Å²) in [5, 5.41) is 0. The monoisotopic (exact) mass is 424 g/mol. The number of rotatable bonds is 7. The molecule has 0 atom stereocenters. The molecule has 1 heterocycles. The zero-order valence-electron chi connectivity index (χ0n) is 17.8. The SMILES string of the molecule is CC(C)c1ccc(S(=O)(=O)c2cnc(N(Cc3ccccc3)C(C)C)nc2N)cc1. The standard InChI is InChI=1S/C23H28N4O2S/c1-16(2)19-10-12-20(13-11-19)30(28,29)21-14-25-23(26-22(21)24)27(17(3)4)15-18-8-6-5-7-9-18/h5-14,16-17H,15H2,1-4H3,(H2,24,25,26). The Labute approximate surface area is 178 Å². The van der Waals surface area contributed by atoms with Gasteiger partial charge in [-0.1, -0.05) is 56.3 Å². The first kappa shape index (κ1) is 21.8. The highest BCUT2D eigenvalue weighted by Crippen LogP contribution is 2.27. The van der Waals surface area contributed by atoms with Crippen LogP contribution in [0.1, 0.15) is 44.7 Å². The van der Waals surface area contributed by atoms with E-state index in [1.54, 1.807) is 12.1 Å². The number of aromatic nitrogens is 2. The molecule has 3 aromatic rings. The fourth-order valence-corrected chi connectivity index (χ4v) is 4.40. The molecule has 30 heavy (non-hydrogen) atoms. The van der Waals surface area contributed by atoms with Crippen LogP contribution in [-0.2, 0) is 16.4 Å². The Morgan fingerprint density at radius 1 is 0.967 bits per heavy atom. The minimum atomic E-state index is -3.80. The third kappa shape index (κ3) is 4.62. The van der Waals surface area contributed by atoms with Crippen LogP contribution in [0.2, 0.25) is 0 Å². The number of anilines is 2. The average Bonchev–Trinajstić information content (AvgIpc) is 2.72. The molecule has 158 valence electrons. The van der Waals surface area contributed by atoms with Gasteiger partial charge in [0.25, 0.3) is 0 Å². The van der Waals surface area contributed by atoms with Crippen LogP contribution in [0.4, 0.5) is 11.8 Å². The van der Waals surface area contributed by atoms with Crippen molar-refractivity contribution >= 4 is 21.6 Å². The van der Waals surface area contributed by atoms with E-state index in [4.69, 9.17) is 5.73 Å². The van der Waals surface area contributed by atoms with Crippen molar-refractivity contribution in [3.63, 3.8) is 0 Å². The Morgan fingerprint density at radius 3 is 2.13 bits per heavy atom. The fourth-order valence-electron chi connectivity index (χ4n) is 3.14. The van der Waals surface area contributed by atoms with Gasteiger partial charge >= 0.3 is 0 Å². The van der Waals surface area contributed by atoms with Crippen molar-refractivity contribution in [3.05, 3.63) is 71.9 Å². The summed E-state index contributed by atoms with van der Waals surface area (Å²) in [4.78, 5) is 10.8. The molecule has 0 spiro atoms. The van der Waals surface area contributed by atoms with E-state index >= 15 is 0 Å². The van der Waals surface area contributed by atoms with Gasteiger partial charge in [-0.15, -0.1) is 0 Å². The van der Waals surface area contributed by atoms with E-state index in [1.807, 2.05) is 61.2 Å². The summed E-state index contributed by atoms with van der Waals surface area (Å²) in [7, 11) is -3.80. The first-order valence-electron chi connectivity index (χ1n) is 9.98. The van der Waals surface area contributed by atoms with E-state index in [2.05, 4.69) is 23.8 Å². The number of benzene rings is 2. The summed E-state index contributed by atoms with van der Waals surface area (Å²) in [6, 6.07) is 16.9. The van der Waals surface area contributed by atoms with Crippen LogP contribution >= 0.6 is 0 Å². The molecule has 0 unspecified atom stereocenters. The summed E-state index contributed by atoms with van der Waals surface area (Å²) in [5.74, 6) is 0.674. The van der Waals surface area contributed by atoms with Gasteiger partial charge < -0.3 is 10.6 Å². The summed E-state index contributed by atoms with van der Waals surface area (Å²) >= 11 is 0. The lowest BCUT2D eigenvalue weighted by Crippen LogP contribution is -2.32. The van der Waals surface area contributed by atoms with Crippen LogP contribution in [0.3, 0.4) is 0 Å². The largest absolute Gasteiger partial charge is 0.382 e. The number of nitrogens with two attached hydrogens (primary N) is 1. The third-order valence-electron chi connectivity index (χ3n) is 4.99. The summed E-state index contributed by atoms with van der Waals surface area (Å²) in [5.41, 5.74) is 8.28. The van der Waals surface area contributed by atoms with Crippen molar-refractivity contribution in [2.75, 3.05) is 10.6 Å². The lowest BCUT2D eigenvalue weighted by atomic mass is 10.0. The van der Waals surface area contributed by atoms with Gasteiger partial charge in [0.05, 0.1) is 11.1 Å². The van der Waals surface area contributed by atoms with Crippen LogP contribution in [0.25, 0.3) is 0 Å². The first-order chi connectivity index (χ1) is 14.2. The summed E-state index contributed by atoms with van der Waals surface area (Å²) in [6.07, 6.45) is 1.31.